The topological polar surface area (TPSA) is 86.2 Å². The molecule has 0 radical (unpaired) electrons. The summed E-state index contributed by atoms with van der Waals surface area (Å²) in [5.41, 5.74) is -1.99. The van der Waals surface area contributed by atoms with Crippen molar-refractivity contribution in [3.63, 3.8) is 0 Å². The fourth-order valence-corrected chi connectivity index (χ4v) is 3.38. The minimum atomic E-state index is -1.96. The van der Waals surface area contributed by atoms with Crippen molar-refractivity contribution in [3.8, 4) is 11.3 Å². The summed E-state index contributed by atoms with van der Waals surface area (Å²) in [6.07, 6.45) is 1.54. The van der Waals surface area contributed by atoms with E-state index in [1.807, 2.05) is 0 Å². The number of nitrogens with zero attached hydrogens (tertiary/aromatic N) is 4. The number of aromatic nitrogens is 4. The zero-order chi connectivity index (χ0) is 23.6. The van der Waals surface area contributed by atoms with Crippen LogP contribution in [0.5, 0.6) is 0 Å². The Hall–Kier alpha value is -3.57. The van der Waals surface area contributed by atoms with E-state index in [9.17, 15) is 22.7 Å². The lowest BCUT2D eigenvalue weighted by Gasteiger charge is -2.34. The molecule has 4 aromatic rings. The molecular formula is C22H18F4N4O3. The Balaban J connectivity index is 1.55. The average Bonchev–Trinajstić information content (AvgIpc) is 3.44. The van der Waals surface area contributed by atoms with Crippen molar-refractivity contribution in [3.05, 3.63) is 89.7 Å². The van der Waals surface area contributed by atoms with Crippen LogP contribution in [0.2, 0.25) is 0 Å². The minimum Gasteiger partial charge on any atom is -0.380 e. The summed E-state index contributed by atoms with van der Waals surface area (Å²) in [7, 11) is 0. The van der Waals surface area contributed by atoms with Gasteiger partial charge in [0.25, 0.3) is 0 Å². The van der Waals surface area contributed by atoms with Crippen molar-refractivity contribution >= 4 is 0 Å². The van der Waals surface area contributed by atoms with Crippen LogP contribution in [0.1, 0.15) is 18.2 Å². The monoisotopic (exact) mass is 462 g/mol. The van der Waals surface area contributed by atoms with Gasteiger partial charge in [0.2, 0.25) is 0 Å². The Bertz CT molecular complexity index is 1250. The van der Waals surface area contributed by atoms with Crippen molar-refractivity contribution in [2.75, 3.05) is 0 Å². The number of ether oxygens (including phenoxy) is 1. The van der Waals surface area contributed by atoms with Crippen molar-refractivity contribution in [2.45, 2.75) is 31.8 Å². The van der Waals surface area contributed by atoms with E-state index in [2.05, 4.69) is 15.2 Å². The van der Waals surface area contributed by atoms with Crippen LogP contribution in [0.4, 0.5) is 17.6 Å². The molecule has 0 bridgehead atoms. The molecule has 2 heterocycles. The first-order valence-corrected chi connectivity index (χ1v) is 9.79. The van der Waals surface area contributed by atoms with Crippen LogP contribution < -0.4 is 0 Å². The molecule has 2 aromatic heterocycles. The van der Waals surface area contributed by atoms with Gasteiger partial charge in [-0.05, 0) is 25.1 Å². The second kappa shape index (κ2) is 9.12. The van der Waals surface area contributed by atoms with Gasteiger partial charge in [-0.25, -0.2) is 27.2 Å². The summed E-state index contributed by atoms with van der Waals surface area (Å²) in [5.74, 6) is -3.10. The van der Waals surface area contributed by atoms with Crippen LogP contribution in [0.15, 0.2) is 59.6 Å². The lowest BCUT2D eigenvalue weighted by Crippen LogP contribution is -2.44. The minimum absolute atomic E-state index is 0.0375. The molecule has 0 unspecified atom stereocenters. The smallest absolute Gasteiger partial charge is 0.163 e. The molecule has 172 valence electrons. The molecule has 2 atom stereocenters. The number of hydrogen-bond acceptors (Lipinski definition) is 6. The zero-order valence-electron chi connectivity index (χ0n) is 17.3. The number of hydrogen-bond donors (Lipinski definition) is 1. The van der Waals surface area contributed by atoms with Crippen molar-refractivity contribution in [2.24, 2.45) is 0 Å². The molecule has 0 aliphatic rings. The largest absolute Gasteiger partial charge is 0.380 e. The maximum atomic E-state index is 14.6. The van der Waals surface area contributed by atoms with E-state index in [4.69, 9.17) is 9.26 Å². The summed E-state index contributed by atoms with van der Waals surface area (Å²) >= 11 is 0. The predicted molar refractivity (Wildman–Crippen MR) is 106 cm³/mol. The van der Waals surface area contributed by atoms with E-state index in [1.165, 1.54) is 36.4 Å². The van der Waals surface area contributed by atoms with Gasteiger partial charge in [0, 0.05) is 29.3 Å². The molecule has 11 heteroatoms. The summed E-state index contributed by atoms with van der Waals surface area (Å²) < 4.78 is 67.3. The SMILES string of the molecule is C[C@@H](OCc1cc(-c2ccc(F)cc2F)no1)[C@](O)(Cn1cncn1)c1ccc(F)cc1F. The third kappa shape index (κ3) is 4.78. The highest BCUT2D eigenvalue weighted by molar-refractivity contribution is 5.59. The summed E-state index contributed by atoms with van der Waals surface area (Å²) in [4.78, 5) is 3.80. The lowest BCUT2D eigenvalue weighted by molar-refractivity contribution is -0.126. The molecule has 1 N–H and O–H groups in total. The van der Waals surface area contributed by atoms with E-state index in [0.717, 1.165) is 24.3 Å². The lowest BCUT2D eigenvalue weighted by atomic mass is 9.88. The third-order valence-electron chi connectivity index (χ3n) is 5.18. The van der Waals surface area contributed by atoms with Gasteiger partial charge in [-0.15, -0.1) is 0 Å². The Morgan fingerprint density at radius 1 is 1.06 bits per heavy atom. The van der Waals surface area contributed by atoms with Gasteiger partial charge < -0.3 is 14.4 Å². The van der Waals surface area contributed by atoms with E-state index in [0.29, 0.717) is 6.07 Å². The number of benzene rings is 2. The van der Waals surface area contributed by atoms with Gasteiger partial charge in [0.1, 0.15) is 53.8 Å². The maximum absolute atomic E-state index is 14.6. The molecule has 0 aliphatic heterocycles. The van der Waals surface area contributed by atoms with Gasteiger partial charge in [-0.1, -0.05) is 11.2 Å². The normalized spacial score (nSPS) is 14.2. The Morgan fingerprint density at radius 2 is 1.79 bits per heavy atom. The van der Waals surface area contributed by atoms with Crippen LogP contribution in [-0.4, -0.2) is 31.1 Å². The van der Waals surface area contributed by atoms with E-state index in [1.54, 1.807) is 0 Å². The average molecular weight is 462 g/mol. The third-order valence-corrected chi connectivity index (χ3v) is 5.18. The second-order valence-corrected chi connectivity index (χ2v) is 7.40. The molecule has 0 aliphatic carbocycles. The Kier molecular flexibility index (Phi) is 6.25. The highest BCUT2D eigenvalue weighted by atomic mass is 19.1. The first-order chi connectivity index (χ1) is 15.8. The van der Waals surface area contributed by atoms with Crippen LogP contribution in [0, 0.1) is 23.3 Å². The Morgan fingerprint density at radius 3 is 2.45 bits per heavy atom. The van der Waals surface area contributed by atoms with Crippen molar-refractivity contribution in [1.29, 1.82) is 0 Å². The molecule has 33 heavy (non-hydrogen) atoms. The van der Waals surface area contributed by atoms with E-state index >= 15 is 0 Å². The highest BCUT2D eigenvalue weighted by Gasteiger charge is 2.40. The molecule has 7 nitrogen and oxygen atoms in total. The van der Waals surface area contributed by atoms with Crippen LogP contribution in [-0.2, 0) is 23.5 Å². The first-order valence-electron chi connectivity index (χ1n) is 9.79. The molecule has 2 aromatic carbocycles. The predicted octanol–water partition coefficient (Wildman–Crippen LogP) is 3.98. The molecule has 0 amide bonds. The summed E-state index contributed by atoms with van der Waals surface area (Å²) in [6, 6.07) is 7.26. The summed E-state index contributed by atoms with van der Waals surface area (Å²) in [5, 5.41) is 19.1. The van der Waals surface area contributed by atoms with Crippen molar-refractivity contribution in [1.82, 2.24) is 19.9 Å². The highest BCUT2D eigenvalue weighted by Crippen LogP contribution is 2.32. The number of halogens is 4. The molecule has 0 saturated heterocycles. The summed E-state index contributed by atoms with van der Waals surface area (Å²) in [6.45, 7) is 1.05. The fourth-order valence-electron chi connectivity index (χ4n) is 3.38. The standard InChI is InChI=1S/C22H18F4N4O3/c1-13(32-9-16-8-21(29-33-16)17-4-2-14(23)6-19(17)25)22(31,10-30-12-27-11-28-30)18-5-3-15(24)7-20(18)26/h2-8,11-13,31H,9-10H2,1H3/t13-,22-/m1/s1. The quantitative estimate of drug-likeness (QED) is 0.399. The molecule has 4 rings (SSSR count). The van der Waals surface area contributed by atoms with E-state index in [-0.39, 0.29) is 35.7 Å². The van der Waals surface area contributed by atoms with Gasteiger partial charge in [-0.3, -0.25) is 0 Å². The van der Waals surface area contributed by atoms with Crippen molar-refractivity contribution < 1.29 is 31.9 Å². The van der Waals surface area contributed by atoms with Gasteiger partial charge in [0.05, 0.1) is 12.6 Å². The Labute approximate surface area is 185 Å². The number of aliphatic hydroxyl groups is 1. The fraction of sp³-hybridized carbons (Fsp3) is 0.227. The molecular weight excluding hydrogens is 444 g/mol. The van der Waals surface area contributed by atoms with Crippen LogP contribution in [0.25, 0.3) is 11.3 Å². The molecule has 0 spiro atoms. The van der Waals surface area contributed by atoms with Gasteiger partial charge >= 0.3 is 0 Å². The van der Waals surface area contributed by atoms with Gasteiger partial charge in [-0.2, -0.15) is 5.10 Å². The van der Waals surface area contributed by atoms with E-state index < -0.39 is 35.0 Å². The number of rotatable bonds is 8. The van der Waals surface area contributed by atoms with Gasteiger partial charge in [0.15, 0.2) is 5.76 Å². The maximum Gasteiger partial charge on any atom is 0.163 e. The zero-order valence-corrected chi connectivity index (χ0v) is 17.3. The molecule has 0 fully saturated rings. The van der Waals surface area contributed by atoms with Crippen LogP contribution >= 0.6 is 0 Å². The van der Waals surface area contributed by atoms with Crippen LogP contribution in [0.3, 0.4) is 0 Å². The first kappa shape index (κ1) is 22.6. The molecule has 0 saturated carbocycles. The second-order valence-electron chi connectivity index (χ2n) is 7.40.